The fourth-order valence-corrected chi connectivity index (χ4v) is 7.84. The number of ether oxygens (including phenoxy) is 2. The van der Waals surface area contributed by atoms with Crippen LogP contribution in [0.5, 0.6) is 11.5 Å². The van der Waals surface area contributed by atoms with Crippen molar-refractivity contribution in [3.63, 3.8) is 0 Å². The van der Waals surface area contributed by atoms with Crippen molar-refractivity contribution in [1.29, 1.82) is 0 Å². The van der Waals surface area contributed by atoms with Gasteiger partial charge in [0.2, 0.25) is 5.91 Å². The number of rotatable bonds is 22. The summed E-state index contributed by atoms with van der Waals surface area (Å²) in [6, 6.07) is 0. The molecule has 2 rings (SSSR count). The lowest BCUT2D eigenvalue weighted by Crippen LogP contribution is -2.38. The van der Waals surface area contributed by atoms with Gasteiger partial charge in [-0.25, -0.2) is 0 Å². The van der Waals surface area contributed by atoms with E-state index in [4.69, 9.17) is 19.8 Å². The zero-order valence-corrected chi connectivity index (χ0v) is 32.5. The second-order valence-electron chi connectivity index (χ2n) is 14.8. The van der Waals surface area contributed by atoms with Gasteiger partial charge in [0.1, 0.15) is 17.1 Å². The highest BCUT2D eigenvalue weighted by Gasteiger charge is 2.35. The second kappa shape index (κ2) is 20.1. The van der Waals surface area contributed by atoms with Crippen molar-refractivity contribution in [1.82, 2.24) is 5.32 Å². The molecule has 1 aromatic carbocycles. The van der Waals surface area contributed by atoms with Gasteiger partial charge in [0.15, 0.2) is 0 Å². The second-order valence-corrected chi connectivity index (χ2v) is 17.7. The molecule has 11 heteroatoms. The lowest BCUT2D eigenvalue weighted by Gasteiger charge is -2.38. The third-order valence-corrected chi connectivity index (χ3v) is 11.8. The molecule has 4 N–H and O–H groups in total. The maximum atomic E-state index is 13.1. The van der Waals surface area contributed by atoms with Crippen LogP contribution in [0.25, 0.3) is 0 Å². The van der Waals surface area contributed by atoms with Gasteiger partial charge in [0, 0.05) is 24.4 Å². The molecule has 1 heterocycles. The molecule has 9 nitrogen and oxygen atoms in total. The number of amides is 1. The van der Waals surface area contributed by atoms with Crippen LogP contribution in [0.2, 0.25) is 0 Å². The van der Waals surface area contributed by atoms with Crippen LogP contribution in [0.3, 0.4) is 0 Å². The van der Waals surface area contributed by atoms with Crippen molar-refractivity contribution >= 4 is 33.8 Å². The number of benzene rings is 1. The molecule has 1 amide bonds. The summed E-state index contributed by atoms with van der Waals surface area (Å²) in [6.45, 7) is 17.6. The molecule has 1 aliphatic heterocycles. The number of thioether (sulfide) groups is 1. The summed E-state index contributed by atoms with van der Waals surface area (Å²) < 4.78 is 43.6. The largest absolute Gasteiger partial charge is 0.487 e. The van der Waals surface area contributed by atoms with Gasteiger partial charge in [0.25, 0.3) is 10.1 Å². The van der Waals surface area contributed by atoms with Crippen molar-refractivity contribution in [2.45, 2.75) is 143 Å². The lowest BCUT2D eigenvalue weighted by atomic mass is 9.83. The highest BCUT2D eigenvalue weighted by Crippen LogP contribution is 2.45. The Balaban J connectivity index is 1.96. The molecule has 0 saturated heterocycles. The first kappa shape index (κ1) is 42.3. The molecule has 276 valence electrons. The zero-order chi connectivity index (χ0) is 36.1. The molecule has 0 aliphatic carbocycles. The molecule has 0 fully saturated rings. The molecule has 4 atom stereocenters. The van der Waals surface area contributed by atoms with Crippen molar-refractivity contribution < 1.29 is 32.0 Å². The van der Waals surface area contributed by atoms with Crippen molar-refractivity contribution in [3.05, 3.63) is 22.3 Å². The summed E-state index contributed by atoms with van der Waals surface area (Å²) in [4.78, 5) is 25.9. The van der Waals surface area contributed by atoms with Crippen LogP contribution in [-0.2, 0) is 26.1 Å². The summed E-state index contributed by atoms with van der Waals surface area (Å²) in [5, 5.41) is 1.67. The zero-order valence-electron chi connectivity index (χ0n) is 30.9. The summed E-state index contributed by atoms with van der Waals surface area (Å²) >= 11 is 1.21. The Labute approximate surface area is 295 Å². The molecule has 0 bridgehead atoms. The quantitative estimate of drug-likeness (QED) is 0.0632. The fraction of sp³-hybridized carbons (Fsp3) is 0.784. The van der Waals surface area contributed by atoms with Gasteiger partial charge in [-0.05, 0) is 87.8 Å². The molecule has 0 saturated carbocycles. The van der Waals surface area contributed by atoms with E-state index in [0.717, 1.165) is 65.5 Å². The normalized spacial score (nSPS) is 18.1. The van der Waals surface area contributed by atoms with Crippen LogP contribution in [0.1, 0.15) is 128 Å². The molecule has 1 aliphatic rings. The summed E-state index contributed by atoms with van der Waals surface area (Å²) in [7, 11) is -4.22. The number of hydrogen-bond donors (Lipinski definition) is 3. The molecule has 0 spiro atoms. The molecular formula is C37H64N2O7S2. The van der Waals surface area contributed by atoms with E-state index in [2.05, 4.69) is 39.9 Å². The van der Waals surface area contributed by atoms with E-state index in [0.29, 0.717) is 24.0 Å². The third kappa shape index (κ3) is 14.6. The smallest absolute Gasteiger partial charge is 0.312 e. The third-order valence-electron chi connectivity index (χ3n) is 9.79. The van der Waals surface area contributed by atoms with Gasteiger partial charge in [-0.1, -0.05) is 72.6 Å². The SMILES string of the molecule is Cc1c(C)c2c(c(C)c1OC(=O)CC(SCCN)C(=O)NCCS(=O)(=O)O)CCC(C)(CCCC(C)CCCC(C)CCCC(C)C)O2. The van der Waals surface area contributed by atoms with E-state index in [1.54, 1.807) is 0 Å². The number of carbonyl (C=O) groups is 2. The lowest BCUT2D eigenvalue weighted by molar-refractivity contribution is -0.136. The van der Waals surface area contributed by atoms with E-state index >= 15 is 0 Å². The van der Waals surface area contributed by atoms with Crippen LogP contribution in [-0.4, -0.2) is 60.3 Å². The van der Waals surface area contributed by atoms with Gasteiger partial charge < -0.3 is 20.5 Å². The van der Waals surface area contributed by atoms with E-state index in [1.165, 1.54) is 56.7 Å². The topological polar surface area (TPSA) is 145 Å². The van der Waals surface area contributed by atoms with E-state index in [1.807, 2.05) is 20.8 Å². The Hall–Kier alpha value is -1.82. The maximum absolute atomic E-state index is 13.1. The predicted octanol–water partition coefficient (Wildman–Crippen LogP) is 7.49. The van der Waals surface area contributed by atoms with E-state index in [9.17, 15) is 18.0 Å². The fourth-order valence-electron chi connectivity index (χ4n) is 6.57. The summed E-state index contributed by atoms with van der Waals surface area (Å²) in [6.07, 6.45) is 12.8. The van der Waals surface area contributed by atoms with Crippen LogP contribution in [0.15, 0.2) is 0 Å². The Morgan fingerprint density at radius 3 is 2.17 bits per heavy atom. The van der Waals surface area contributed by atoms with Gasteiger partial charge >= 0.3 is 5.97 Å². The van der Waals surface area contributed by atoms with E-state index < -0.39 is 33.0 Å². The minimum Gasteiger partial charge on any atom is -0.487 e. The van der Waals surface area contributed by atoms with Crippen molar-refractivity contribution in [2.24, 2.45) is 23.5 Å². The predicted molar refractivity (Wildman–Crippen MR) is 198 cm³/mol. The Morgan fingerprint density at radius 2 is 1.58 bits per heavy atom. The van der Waals surface area contributed by atoms with Gasteiger partial charge in [-0.2, -0.15) is 8.42 Å². The number of nitrogens with one attached hydrogen (secondary N) is 1. The number of fused-ring (bicyclic) bond motifs is 1. The monoisotopic (exact) mass is 712 g/mol. The van der Waals surface area contributed by atoms with Gasteiger partial charge in [-0.3, -0.25) is 14.1 Å². The molecular weight excluding hydrogens is 649 g/mol. The maximum Gasteiger partial charge on any atom is 0.312 e. The minimum atomic E-state index is -4.22. The average molecular weight is 713 g/mol. The van der Waals surface area contributed by atoms with Gasteiger partial charge in [0.05, 0.1) is 17.4 Å². The number of hydrogen-bond acceptors (Lipinski definition) is 8. The number of esters is 1. The van der Waals surface area contributed by atoms with Crippen LogP contribution in [0.4, 0.5) is 0 Å². The number of nitrogens with two attached hydrogens (primary N) is 1. The Morgan fingerprint density at radius 1 is 0.979 bits per heavy atom. The van der Waals surface area contributed by atoms with Crippen LogP contribution >= 0.6 is 11.8 Å². The standard InChI is InChI=1S/C37H64N2O7S2/c1-25(2)12-9-13-26(3)14-10-15-27(4)16-11-18-37(8)19-17-31-30(7)34(28(5)29(6)35(31)46-37)45-33(40)24-32(47-22-20-38)36(41)39-21-23-48(42,43)44/h25-27,32H,9-24,38H2,1-8H3,(H,39,41)(H,42,43,44). The Bertz CT molecular complexity index is 1300. The first-order chi connectivity index (χ1) is 22.5. The van der Waals surface area contributed by atoms with Crippen LogP contribution in [0, 0.1) is 38.5 Å². The van der Waals surface area contributed by atoms with Crippen molar-refractivity contribution in [2.75, 3.05) is 24.6 Å². The van der Waals surface area contributed by atoms with E-state index in [-0.39, 0.29) is 18.6 Å². The first-order valence-electron chi connectivity index (χ1n) is 18.0. The minimum absolute atomic E-state index is 0.207. The molecule has 0 aromatic heterocycles. The first-order valence-corrected chi connectivity index (χ1v) is 20.7. The Kier molecular flexibility index (Phi) is 17.8. The van der Waals surface area contributed by atoms with Crippen molar-refractivity contribution in [3.8, 4) is 11.5 Å². The number of carbonyl (C=O) groups excluding carboxylic acids is 2. The van der Waals surface area contributed by atoms with Gasteiger partial charge in [-0.15, -0.1) is 11.8 Å². The average Bonchev–Trinajstić information content (AvgIpc) is 2.99. The van der Waals surface area contributed by atoms with Crippen LogP contribution < -0.4 is 20.5 Å². The highest BCUT2D eigenvalue weighted by molar-refractivity contribution is 8.00. The molecule has 0 radical (unpaired) electrons. The summed E-state index contributed by atoms with van der Waals surface area (Å²) in [5.41, 5.74) is 9.10. The highest BCUT2D eigenvalue weighted by atomic mass is 32.2. The molecule has 1 aromatic rings. The molecule has 4 unspecified atom stereocenters. The summed E-state index contributed by atoms with van der Waals surface area (Å²) in [5.74, 6) is 2.50. The molecule has 48 heavy (non-hydrogen) atoms.